The molecule has 1 atom stereocenters. The average molecular weight is 280 g/mol. The molecule has 1 unspecified atom stereocenters. The van der Waals surface area contributed by atoms with Gasteiger partial charge in [-0.1, -0.05) is 37.3 Å². The van der Waals surface area contributed by atoms with Gasteiger partial charge in [0.2, 0.25) is 0 Å². The molecular weight excluding hydrogens is 260 g/mol. The van der Waals surface area contributed by atoms with Gasteiger partial charge in [0.1, 0.15) is 5.78 Å². The van der Waals surface area contributed by atoms with E-state index in [9.17, 15) is 4.79 Å². The van der Waals surface area contributed by atoms with Crippen LogP contribution >= 0.6 is 0 Å². The molecule has 0 saturated carbocycles. The zero-order chi connectivity index (χ0) is 14.7. The Morgan fingerprint density at radius 3 is 2.90 bits per heavy atom. The predicted molar refractivity (Wildman–Crippen MR) is 83.2 cm³/mol. The van der Waals surface area contributed by atoms with Crippen molar-refractivity contribution in [2.24, 2.45) is 0 Å². The lowest BCUT2D eigenvalue weighted by molar-refractivity contribution is -0.120. The van der Waals surface area contributed by atoms with Crippen LogP contribution in [0.4, 0.5) is 0 Å². The lowest BCUT2D eigenvalue weighted by Crippen LogP contribution is -2.33. The molecule has 0 radical (unpaired) electrons. The van der Waals surface area contributed by atoms with Crippen LogP contribution in [0.25, 0.3) is 0 Å². The third kappa shape index (κ3) is 3.03. The molecule has 1 aromatic carbocycles. The first-order chi connectivity index (χ1) is 10.3. The largest absolute Gasteiger partial charge is 0.312 e. The normalized spacial score (nSPS) is 17.3. The maximum Gasteiger partial charge on any atom is 0.147 e. The molecule has 1 aliphatic rings. The summed E-state index contributed by atoms with van der Waals surface area (Å²) in [4.78, 5) is 17.0. The first kappa shape index (κ1) is 14.0. The molecular formula is C18H20N2O. The molecule has 3 heteroatoms. The van der Waals surface area contributed by atoms with Crippen molar-refractivity contribution < 1.29 is 4.79 Å². The fourth-order valence-electron chi connectivity index (χ4n) is 2.85. The summed E-state index contributed by atoms with van der Waals surface area (Å²) < 4.78 is 0. The second-order valence-electron chi connectivity index (χ2n) is 5.54. The smallest absolute Gasteiger partial charge is 0.147 e. The highest BCUT2D eigenvalue weighted by molar-refractivity contribution is 5.88. The van der Waals surface area contributed by atoms with Gasteiger partial charge in [0, 0.05) is 31.4 Å². The maximum absolute atomic E-state index is 12.6. The molecule has 2 heterocycles. The van der Waals surface area contributed by atoms with Crippen molar-refractivity contribution in [1.29, 1.82) is 0 Å². The van der Waals surface area contributed by atoms with Gasteiger partial charge in [-0.3, -0.25) is 9.78 Å². The van der Waals surface area contributed by atoms with Crippen molar-refractivity contribution in [3.05, 3.63) is 65.0 Å². The van der Waals surface area contributed by atoms with Crippen molar-refractivity contribution in [3.8, 4) is 0 Å². The third-order valence-electron chi connectivity index (χ3n) is 4.13. The van der Waals surface area contributed by atoms with E-state index in [-0.39, 0.29) is 11.7 Å². The summed E-state index contributed by atoms with van der Waals surface area (Å²) in [5, 5.41) is 3.33. The van der Waals surface area contributed by atoms with Gasteiger partial charge in [-0.15, -0.1) is 0 Å². The van der Waals surface area contributed by atoms with Gasteiger partial charge in [0.05, 0.1) is 5.92 Å². The first-order valence-corrected chi connectivity index (χ1v) is 7.53. The molecule has 1 aliphatic heterocycles. The number of fused-ring (bicyclic) bond motifs is 1. The standard InChI is InChI=1S/C18H20N2O/c1-2-13-7-8-15(20-10-13)9-18(21)17-12-19-11-14-5-3-4-6-16(14)17/h3-8,10,17,19H,2,9,11-12H2,1H3. The Labute approximate surface area is 125 Å². The first-order valence-electron chi connectivity index (χ1n) is 7.53. The van der Waals surface area contributed by atoms with Crippen molar-refractivity contribution in [1.82, 2.24) is 10.3 Å². The number of pyridine rings is 1. The minimum absolute atomic E-state index is 0.0531. The van der Waals surface area contributed by atoms with E-state index in [0.717, 1.165) is 25.2 Å². The number of nitrogens with one attached hydrogen (secondary N) is 1. The number of carbonyl (C=O) groups excluding carboxylic acids is 1. The Hall–Kier alpha value is -2.00. The summed E-state index contributed by atoms with van der Waals surface area (Å²) in [6.45, 7) is 3.68. The zero-order valence-corrected chi connectivity index (χ0v) is 12.3. The molecule has 0 bridgehead atoms. The molecule has 1 N–H and O–H groups in total. The molecule has 3 nitrogen and oxygen atoms in total. The van der Waals surface area contributed by atoms with Crippen LogP contribution in [0.2, 0.25) is 0 Å². The van der Waals surface area contributed by atoms with Gasteiger partial charge in [-0.2, -0.15) is 0 Å². The van der Waals surface area contributed by atoms with Crippen molar-refractivity contribution in [3.63, 3.8) is 0 Å². The number of aryl methyl sites for hydroxylation is 1. The van der Waals surface area contributed by atoms with Crippen LogP contribution in [-0.4, -0.2) is 17.3 Å². The molecule has 3 rings (SSSR count). The van der Waals surface area contributed by atoms with Crippen LogP contribution in [0.1, 0.15) is 35.2 Å². The number of hydrogen-bond donors (Lipinski definition) is 1. The van der Waals surface area contributed by atoms with E-state index in [1.54, 1.807) is 0 Å². The van der Waals surface area contributed by atoms with Gasteiger partial charge >= 0.3 is 0 Å². The van der Waals surface area contributed by atoms with E-state index < -0.39 is 0 Å². The highest BCUT2D eigenvalue weighted by Gasteiger charge is 2.25. The minimum Gasteiger partial charge on any atom is -0.312 e. The van der Waals surface area contributed by atoms with Crippen molar-refractivity contribution in [2.75, 3.05) is 6.54 Å². The number of aromatic nitrogens is 1. The molecule has 0 amide bonds. The number of carbonyl (C=O) groups is 1. The predicted octanol–water partition coefficient (Wildman–Crippen LogP) is 2.64. The quantitative estimate of drug-likeness (QED) is 0.936. The van der Waals surface area contributed by atoms with E-state index in [1.807, 2.05) is 24.4 Å². The summed E-state index contributed by atoms with van der Waals surface area (Å²) in [6.07, 6.45) is 3.25. The second kappa shape index (κ2) is 6.19. The van der Waals surface area contributed by atoms with Gasteiger partial charge in [-0.05, 0) is 29.2 Å². The molecule has 0 aliphatic carbocycles. The SMILES string of the molecule is CCc1ccc(CC(=O)C2CNCc3ccccc32)nc1. The van der Waals surface area contributed by atoms with Crippen molar-refractivity contribution in [2.45, 2.75) is 32.2 Å². The highest BCUT2D eigenvalue weighted by atomic mass is 16.1. The lowest BCUT2D eigenvalue weighted by atomic mass is 9.86. The van der Waals surface area contributed by atoms with Gasteiger partial charge in [0.15, 0.2) is 0 Å². The third-order valence-corrected chi connectivity index (χ3v) is 4.13. The summed E-state index contributed by atoms with van der Waals surface area (Å²) in [5.41, 5.74) is 4.47. The number of benzene rings is 1. The number of Topliss-reactive ketones (excluding diaryl/α,β-unsaturated/α-hetero) is 1. The van der Waals surface area contributed by atoms with E-state index in [4.69, 9.17) is 0 Å². The Bertz CT molecular complexity index is 634. The Balaban J connectivity index is 1.76. The summed E-state index contributed by atoms with van der Waals surface area (Å²) >= 11 is 0. The Kier molecular flexibility index (Phi) is 4.11. The van der Waals surface area contributed by atoms with E-state index in [2.05, 4.69) is 35.4 Å². The Morgan fingerprint density at radius 1 is 1.29 bits per heavy atom. The van der Waals surface area contributed by atoms with Gasteiger partial charge in [0.25, 0.3) is 0 Å². The molecule has 0 saturated heterocycles. The number of nitrogens with zero attached hydrogens (tertiary/aromatic N) is 1. The maximum atomic E-state index is 12.6. The van der Waals surface area contributed by atoms with Crippen LogP contribution in [0.5, 0.6) is 0 Å². The average Bonchev–Trinajstić information content (AvgIpc) is 2.55. The number of rotatable bonds is 4. The Morgan fingerprint density at radius 2 is 2.14 bits per heavy atom. The fourth-order valence-corrected chi connectivity index (χ4v) is 2.85. The second-order valence-corrected chi connectivity index (χ2v) is 5.54. The highest BCUT2D eigenvalue weighted by Crippen LogP contribution is 2.25. The van der Waals surface area contributed by atoms with Crippen LogP contribution in [0.3, 0.4) is 0 Å². The summed E-state index contributed by atoms with van der Waals surface area (Å²) in [7, 11) is 0. The van der Waals surface area contributed by atoms with Crippen LogP contribution in [-0.2, 0) is 24.2 Å². The molecule has 108 valence electrons. The van der Waals surface area contributed by atoms with E-state index >= 15 is 0 Å². The van der Waals surface area contributed by atoms with Gasteiger partial charge < -0.3 is 5.32 Å². The topological polar surface area (TPSA) is 42.0 Å². The summed E-state index contributed by atoms with van der Waals surface area (Å²) in [6, 6.07) is 12.2. The van der Waals surface area contributed by atoms with Crippen molar-refractivity contribution >= 4 is 5.78 Å². The van der Waals surface area contributed by atoms with Crippen LogP contribution < -0.4 is 5.32 Å². The monoisotopic (exact) mass is 280 g/mol. The molecule has 1 aromatic heterocycles. The molecule has 2 aromatic rings. The van der Waals surface area contributed by atoms with E-state index in [0.29, 0.717) is 6.42 Å². The number of ketones is 1. The summed E-state index contributed by atoms with van der Waals surface area (Å²) in [5.74, 6) is 0.189. The minimum atomic E-state index is -0.0531. The van der Waals surface area contributed by atoms with Crippen LogP contribution in [0.15, 0.2) is 42.6 Å². The van der Waals surface area contributed by atoms with E-state index in [1.165, 1.54) is 16.7 Å². The van der Waals surface area contributed by atoms with Gasteiger partial charge in [-0.25, -0.2) is 0 Å². The molecule has 0 fully saturated rings. The van der Waals surface area contributed by atoms with Crippen LogP contribution in [0, 0.1) is 0 Å². The molecule has 21 heavy (non-hydrogen) atoms. The number of hydrogen-bond acceptors (Lipinski definition) is 3. The molecule has 0 spiro atoms. The fraction of sp³-hybridized carbons (Fsp3) is 0.333. The lowest BCUT2D eigenvalue weighted by Gasteiger charge is -2.25. The zero-order valence-electron chi connectivity index (χ0n) is 12.3.